The molecule has 1 saturated heterocycles. The van der Waals surface area contributed by atoms with Gasteiger partial charge in [0, 0.05) is 11.3 Å². The summed E-state index contributed by atoms with van der Waals surface area (Å²) in [6.45, 7) is 5.52. The van der Waals surface area contributed by atoms with Crippen molar-refractivity contribution in [2.45, 2.75) is 26.8 Å². The number of aromatic hydroxyl groups is 1. The maximum absolute atomic E-state index is 13.4. The van der Waals surface area contributed by atoms with Crippen LogP contribution in [0.1, 0.15) is 45.6 Å². The molecule has 0 aliphatic carbocycles. The molecule has 8 heteroatoms. The first kappa shape index (κ1) is 25.5. The first-order valence-corrected chi connectivity index (χ1v) is 11.7. The van der Waals surface area contributed by atoms with Gasteiger partial charge in [-0.05, 0) is 86.0 Å². The van der Waals surface area contributed by atoms with E-state index >= 15 is 0 Å². The molecule has 0 radical (unpaired) electrons. The lowest BCUT2D eigenvalue weighted by atomic mass is 9.93. The van der Waals surface area contributed by atoms with Gasteiger partial charge in [-0.25, -0.2) is 4.79 Å². The molecule has 1 unspecified atom stereocenters. The first-order chi connectivity index (χ1) is 17.7. The zero-order valence-corrected chi connectivity index (χ0v) is 20.9. The van der Waals surface area contributed by atoms with Gasteiger partial charge in [0.2, 0.25) is 0 Å². The highest BCUT2D eigenvalue weighted by molar-refractivity contribution is 6.51. The third-order valence-corrected chi connectivity index (χ3v) is 6.31. The van der Waals surface area contributed by atoms with E-state index in [9.17, 15) is 24.6 Å². The number of carbonyl (C=O) groups is 3. The van der Waals surface area contributed by atoms with Crippen LogP contribution in [-0.4, -0.2) is 41.6 Å². The standard InChI is InChI=1S/C29H27NO7/c1-5-37-29(35)19-6-10-20(11-7-19)30-25(18-8-12-21(31)13-9-18)24(27(33)28(30)34)26(32)22-14-17(3)23(36-4)15-16(22)2/h6-15,25,31-32H,5H2,1-4H3/b26-24+. The number of phenols is 1. The fourth-order valence-electron chi connectivity index (χ4n) is 4.45. The largest absolute Gasteiger partial charge is 0.508 e. The van der Waals surface area contributed by atoms with Crippen molar-refractivity contribution >= 4 is 29.1 Å². The van der Waals surface area contributed by atoms with Crippen LogP contribution in [0.3, 0.4) is 0 Å². The summed E-state index contributed by atoms with van der Waals surface area (Å²) in [7, 11) is 1.55. The molecule has 37 heavy (non-hydrogen) atoms. The van der Waals surface area contributed by atoms with Crippen molar-refractivity contribution in [3.8, 4) is 11.5 Å². The zero-order valence-electron chi connectivity index (χ0n) is 20.9. The Bertz CT molecular complexity index is 1410. The average Bonchev–Trinajstić information content (AvgIpc) is 3.15. The van der Waals surface area contributed by atoms with Gasteiger partial charge in [-0.3, -0.25) is 14.5 Å². The van der Waals surface area contributed by atoms with E-state index in [4.69, 9.17) is 9.47 Å². The van der Waals surface area contributed by atoms with Gasteiger partial charge in [-0.2, -0.15) is 0 Å². The molecule has 1 aliphatic heterocycles. The molecule has 4 rings (SSSR count). The van der Waals surface area contributed by atoms with Crippen LogP contribution in [0.5, 0.6) is 11.5 Å². The monoisotopic (exact) mass is 501 g/mol. The second-order valence-corrected chi connectivity index (χ2v) is 8.66. The number of hydrogen-bond acceptors (Lipinski definition) is 7. The normalized spacial score (nSPS) is 16.6. The Hall–Kier alpha value is -4.59. The summed E-state index contributed by atoms with van der Waals surface area (Å²) >= 11 is 0. The van der Waals surface area contributed by atoms with E-state index in [2.05, 4.69) is 0 Å². The van der Waals surface area contributed by atoms with Gasteiger partial charge in [-0.15, -0.1) is 0 Å². The van der Waals surface area contributed by atoms with E-state index in [1.807, 2.05) is 6.92 Å². The number of benzene rings is 3. The van der Waals surface area contributed by atoms with Gasteiger partial charge in [0.15, 0.2) is 0 Å². The van der Waals surface area contributed by atoms with Crippen LogP contribution in [0.25, 0.3) is 5.76 Å². The van der Waals surface area contributed by atoms with E-state index in [0.29, 0.717) is 33.7 Å². The molecule has 1 atom stereocenters. The number of phenolic OH excluding ortho intramolecular Hbond substituents is 1. The number of rotatable bonds is 6. The van der Waals surface area contributed by atoms with Crippen molar-refractivity contribution < 1.29 is 34.1 Å². The van der Waals surface area contributed by atoms with Gasteiger partial charge in [-0.1, -0.05) is 12.1 Å². The molecule has 0 bridgehead atoms. The summed E-state index contributed by atoms with van der Waals surface area (Å²) in [5.74, 6) is -1.85. The molecule has 1 fully saturated rings. The highest BCUT2D eigenvalue weighted by atomic mass is 16.5. The number of ketones is 1. The van der Waals surface area contributed by atoms with Crippen molar-refractivity contribution in [2.75, 3.05) is 18.6 Å². The van der Waals surface area contributed by atoms with Crippen LogP contribution in [0, 0.1) is 13.8 Å². The van der Waals surface area contributed by atoms with E-state index in [1.54, 1.807) is 57.4 Å². The third kappa shape index (κ3) is 4.65. The predicted molar refractivity (Wildman–Crippen MR) is 138 cm³/mol. The summed E-state index contributed by atoms with van der Waals surface area (Å²) in [6.07, 6.45) is 0. The van der Waals surface area contributed by atoms with Crippen LogP contribution in [0.15, 0.2) is 66.2 Å². The molecule has 0 aromatic heterocycles. The molecule has 3 aromatic carbocycles. The molecule has 3 aromatic rings. The van der Waals surface area contributed by atoms with Crippen LogP contribution < -0.4 is 9.64 Å². The lowest BCUT2D eigenvalue weighted by Gasteiger charge is -2.26. The van der Waals surface area contributed by atoms with Crippen molar-refractivity contribution in [1.29, 1.82) is 0 Å². The summed E-state index contributed by atoms with van der Waals surface area (Å²) in [4.78, 5) is 40.1. The average molecular weight is 502 g/mol. The Balaban J connectivity index is 1.89. The highest BCUT2D eigenvalue weighted by Gasteiger charge is 2.47. The van der Waals surface area contributed by atoms with Gasteiger partial charge in [0.1, 0.15) is 17.3 Å². The van der Waals surface area contributed by atoms with Gasteiger partial charge in [0.25, 0.3) is 11.7 Å². The number of aryl methyl sites for hydroxylation is 2. The third-order valence-electron chi connectivity index (χ3n) is 6.31. The number of hydrogen-bond donors (Lipinski definition) is 2. The fraction of sp³-hybridized carbons (Fsp3) is 0.207. The first-order valence-electron chi connectivity index (χ1n) is 11.7. The molecule has 1 amide bonds. The van der Waals surface area contributed by atoms with Gasteiger partial charge >= 0.3 is 5.97 Å². The number of aliphatic hydroxyl groups excluding tert-OH is 1. The zero-order chi connectivity index (χ0) is 26.9. The predicted octanol–water partition coefficient (Wildman–Crippen LogP) is 4.82. The number of esters is 1. The second-order valence-electron chi connectivity index (χ2n) is 8.66. The molecule has 8 nitrogen and oxygen atoms in total. The molecule has 1 heterocycles. The lowest BCUT2D eigenvalue weighted by Crippen LogP contribution is -2.29. The minimum atomic E-state index is -0.976. The maximum Gasteiger partial charge on any atom is 0.338 e. The number of aliphatic hydroxyl groups is 1. The van der Waals surface area contributed by atoms with Gasteiger partial charge < -0.3 is 19.7 Å². The molecular formula is C29H27NO7. The Labute approximate surface area is 214 Å². The number of ether oxygens (including phenoxy) is 2. The topological polar surface area (TPSA) is 113 Å². The quantitative estimate of drug-likeness (QED) is 0.215. The minimum Gasteiger partial charge on any atom is -0.508 e. The number of nitrogens with zero attached hydrogens (tertiary/aromatic N) is 1. The Morgan fingerprint density at radius 1 is 0.973 bits per heavy atom. The molecule has 190 valence electrons. The van der Waals surface area contributed by atoms with Crippen molar-refractivity contribution in [1.82, 2.24) is 0 Å². The smallest absolute Gasteiger partial charge is 0.338 e. The molecule has 0 spiro atoms. The molecule has 0 saturated carbocycles. The van der Waals surface area contributed by atoms with Crippen molar-refractivity contribution in [3.63, 3.8) is 0 Å². The van der Waals surface area contributed by atoms with E-state index < -0.39 is 23.7 Å². The van der Waals surface area contributed by atoms with Crippen LogP contribution >= 0.6 is 0 Å². The Morgan fingerprint density at radius 2 is 1.62 bits per heavy atom. The number of anilines is 1. The summed E-state index contributed by atoms with van der Waals surface area (Å²) in [5.41, 5.74) is 2.89. The molecule has 1 aliphatic rings. The second kappa shape index (κ2) is 10.2. The summed E-state index contributed by atoms with van der Waals surface area (Å²) < 4.78 is 10.4. The minimum absolute atomic E-state index is 0.0149. The highest BCUT2D eigenvalue weighted by Crippen LogP contribution is 2.43. The molecule has 2 N–H and O–H groups in total. The number of Topliss-reactive ketones (excluding diaryl/α,β-unsaturated/α-hetero) is 1. The number of carbonyl (C=O) groups excluding carboxylic acids is 3. The van der Waals surface area contributed by atoms with Crippen molar-refractivity contribution in [3.05, 3.63) is 94.1 Å². The summed E-state index contributed by atoms with van der Waals surface area (Å²) in [5, 5.41) is 21.3. The van der Waals surface area contributed by atoms with Gasteiger partial charge in [0.05, 0.1) is 30.9 Å². The number of methoxy groups -OCH3 is 1. The SMILES string of the molecule is CCOC(=O)c1ccc(N2C(=O)C(=O)/C(=C(/O)c3cc(C)c(OC)cc3C)C2c2ccc(O)cc2)cc1. The van der Waals surface area contributed by atoms with Crippen LogP contribution in [-0.2, 0) is 14.3 Å². The fourth-order valence-corrected chi connectivity index (χ4v) is 4.45. The van der Waals surface area contributed by atoms with Crippen LogP contribution in [0.4, 0.5) is 5.69 Å². The lowest BCUT2D eigenvalue weighted by molar-refractivity contribution is -0.132. The molecular weight excluding hydrogens is 474 g/mol. The Kier molecular flexibility index (Phi) is 7.02. The summed E-state index contributed by atoms with van der Waals surface area (Å²) in [6, 6.07) is 14.7. The maximum atomic E-state index is 13.4. The Morgan fingerprint density at radius 3 is 2.22 bits per heavy atom. The van der Waals surface area contributed by atoms with Crippen molar-refractivity contribution in [2.24, 2.45) is 0 Å². The number of amides is 1. The van der Waals surface area contributed by atoms with Crippen LogP contribution in [0.2, 0.25) is 0 Å². The van der Waals surface area contributed by atoms with E-state index in [-0.39, 0.29) is 23.7 Å². The van der Waals surface area contributed by atoms with E-state index in [0.717, 1.165) is 5.56 Å². The van der Waals surface area contributed by atoms with E-state index in [1.165, 1.54) is 29.2 Å².